The molecule has 0 atom stereocenters. The van der Waals surface area contributed by atoms with Crippen LogP contribution in [0.2, 0.25) is 0 Å². The van der Waals surface area contributed by atoms with Crippen molar-refractivity contribution in [2.45, 2.75) is 6.92 Å². The number of benzene rings is 2. The molecule has 0 unspecified atom stereocenters. The number of allylic oxidation sites excluding steroid dienone is 1. The largest absolute Gasteiger partial charge is 0.497 e. The van der Waals surface area contributed by atoms with E-state index in [1.54, 1.807) is 38.3 Å². The van der Waals surface area contributed by atoms with Crippen LogP contribution in [0.5, 0.6) is 5.75 Å². The van der Waals surface area contributed by atoms with E-state index in [4.69, 9.17) is 9.47 Å². The zero-order chi connectivity index (χ0) is 18.5. The highest BCUT2D eigenvalue weighted by Gasteiger charge is 2.11. The number of ketones is 1. The van der Waals surface area contributed by atoms with E-state index in [0.717, 1.165) is 21.4 Å². The number of rotatable bonds is 6. The molecule has 3 aromatic rings. The average Bonchev–Trinajstić information content (AvgIpc) is 3.10. The third-order valence-electron chi connectivity index (χ3n) is 3.81. The Morgan fingerprint density at radius 1 is 1.08 bits per heavy atom. The molecule has 0 saturated heterocycles. The van der Waals surface area contributed by atoms with E-state index < -0.39 is 0 Å². The lowest BCUT2D eigenvalue weighted by Crippen LogP contribution is -2.03. The van der Waals surface area contributed by atoms with Crippen LogP contribution < -0.4 is 4.74 Å². The first-order valence-electron chi connectivity index (χ1n) is 8.18. The summed E-state index contributed by atoms with van der Waals surface area (Å²) in [6, 6.07) is 14.6. The highest BCUT2D eigenvalue weighted by atomic mass is 32.1. The molecule has 0 amide bonds. The molecule has 0 aliphatic heterocycles. The summed E-state index contributed by atoms with van der Waals surface area (Å²) < 4.78 is 11.1. The first kappa shape index (κ1) is 17.9. The lowest BCUT2D eigenvalue weighted by molar-refractivity contribution is 0.0526. The van der Waals surface area contributed by atoms with Crippen molar-refractivity contribution in [3.8, 4) is 5.75 Å². The summed E-state index contributed by atoms with van der Waals surface area (Å²) in [6.07, 6.45) is 3.33. The van der Waals surface area contributed by atoms with Gasteiger partial charge >= 0.3 is 5.97 Å². The van der Waals surface area contributed by atoms with Crippen molar-refractivity contribution >= 4 is 39.3 Å². The molecule has 1 heterocycles. The van der Waals surface area contributed by atoms with E-state index in [0.29, 0.717) is 17.0 Å². The molecule has 0 fully saturated rings. The lowest BCUT2D eigenvalue weighted by atomic mass is 10.1. The number of hydrogen-bond acceptors (Lipinski definition) is 5. The van der Waals surface area contributed by atoms with E-state index in [9.17, 15) is 9.59 Å². The van der Waals surface area contributed by atoms with Crippen LogP contribution in [0.25, 0.3) is 16.2 Å². The predicted molar refractivity (Wildman–Crippen MR) is 104 cm³/mol. The molecule has 0 bridgehead atoms. The SMILES string of the molecule is CCOC(=O)c1ccc2sc(C(=O)C=Cc3ccc(OC)cc3)cc2c1. The fourth-order valence-electron chi connectivity index (χ4n) is 2.48. The van der Waals surface area contributed by atoms with E-state index in [1.165, 1.54) is 11.3 Å². The first-order valence-corrected chi connectivity index (χ1v) is 8.99. The Labute approximate surface area is 155 Å². The summed E-state index contributed by atoms with van der Waals surface area (Å²) in [7, 11) is 1.61. The minimum Gasteiger partial charge on any atom is -0.497 e. The molecule has 4 nitrogen and oxygen atoms in total. The Balaban J connectivity index is 1.79. The molecule has 5 heteroatoms. The van der Waals surface area contributed by atoms with Gasteiger partial charge < -0.3 is 9.47 Å². The number of esters is 1. The van der Waals surface area contributed by atoms with Crippen LogP contribution in [-0.2, 0) is 4.74 Å². The van der Waals surface area contributed by atoms with Gasteiger partial charge in [0, 0.05) is 4.70 Å². The molecular formula is C21H18O4S. The second-order valence-electron chi connectivity index (χ2n) is 5.55. The Morgan fingerprint density at radius 2 is 1.85 bits per heavy atom. The minimum absolute atomic E-state index is 0.0697. The molecule has 0 N–H and O–H groups in total. The molecule has 2 aromatic carbocycles. The third kappa shape index (κ3) is 4.00. The number of fused-ring (bicyclic) bond motifs is 1. The standard InChI is InChI=1S/C21H18O4S/c1-3-25-21(23)15-7-11-19-16(12-15)13-20(26-19)18(22)10-6-14-4-8-17(24-2)9-5-14/h4-13H,3H2,1-2H3. The Bertz CT molecular complexity index is 967. The van der Waals surface area contributed by atoms with Crippen molar-refractivity contribution in [1.82, 2.24) is 0 Å². The van der Waals surface area contributed by atoms with Crippen LogP contribution in [0.15, 0.2) is 54.6 Å². The molecule has 0 saturated carbocycles. The van der Waals surface area contributed by atoms with Gasteiger partial charge in [0.2, 0.25) is 0 Å². The fraction of sp³-hybridized carbons (Fsp3) is 0.143. The highest BCUT2D eigenvalue weighted by molar-refractivity contribution is 7.21. The maximum atomic E-state index is 12.4. The Morgan fingerprint density at radius 3 is 2.54 bits per heavy atom. The van der Waals surface area contributed by atoms with Crippen LogP contribution >= 0.6 is 11.3 Å². The number of hydrogen-bond donors (Lipinski definition) is 0. The van der Waals surface area contributed by atoms with Gasteiger partial charge in [-0.3, -0.25) is 4.79 Å². The predicted octanol–water partition coefficient (Wildman–Crippen LogP) is 4.98. The highest BCUT2D eigenvalue weighted by Crippen LogP contribution is 2.27. The summed E-state index contributed by atoms with van der Waals surface area (Å²) in [5, 5.41) is 0.863. The van der Waals surface area contributed by atoms with Gasteiger partial charge in [-0.2, -0.15) is 0 Å². The molecule has 26 heavy (non-hydrogen) atoms. The van der Waals surface area contributed by atoms with E-state index in [-0.39, 0.29) is 11.8 Å². The topological polar surface area (TPSA) is 52.6 Å². The fourth-order valence-corrected chi connectivity index (χ4v) is 3.44. The average molecular weight is 366 g/mol. The zero-order valence-electron chi connectivity index (χ0n) is 14.5. The van der Waals surface area contributed by atoms with Crippen molar-refractivity contribution in [3.63, 3.8) is 0 Å². The lowest BCUT2D eigenvalue weighted by Gasteiger charge is -2.00. The molecular weight excluding hydrogens is 348 g/mol. The maximum Gasteiger partial charge on any atom is 0.338 e. The van der Waals surface area contributed by atoms with Gasteiger partial charge in [-0.05, 0) is 60.3 Å². The molecule has 3 rings (SSSR count). The smallest absolute Gasteiger partial charge is 0.338 e. The van der Waals surface area contributed by atoms with Crippen LogP contribution in [0, 0.1) is 0 Å². The van der Waals surface area contributed by atoms with Crippen LogP contribution in [0.1, 0.15) is 32.5 Å². The van der Waals surface area contributed by atoms with Crippen LogP contribution in [-0.4, -0.2) is 25.5 Å². The second-order valence-corrected chi connectivity index (χ2v) is 6.64. The zero-order valence-corrected chi connectivity index (χ0v) is 15.3. The Hall–Kier alpha value is -2.92. The Kier molecular flexibility index (Phi) is 5.49. The van der Waals surface area contributed by atoms with Gasteiger partial charge in [-0.25, -0.2) is 4.79 Å². The number of carbonyl (C=O) groups is 2. The van der Waals surface area contributed by atoms with Crippen molar-refractivity contribution in [1.29, 1.82) is 0 Å². The van der Waals surface area contributed by atoms with Crippen molar-refractivity contribution in [2.75, 3.05) is 13.7 Å². The van der Waals surface area contributed by atoms with Gasteiger partial charge in [0.15, 0.2) is 5.78 Å². The summed E-state index contributed by atoms with van der Waals surface area (Å²) >= 11 is 1.41. The number of methoxy groups -OCH3 is 1. The van der Waals surface area contributed by atoms with E-state index >= 15 is 0 Å². The van der Waals surface area contributed by atoms with Crippen molar-refractivity contribution < 1.29 is 19.1 Å². The molecule has 0 aliphatic rings. The van der Waals surface area contributed by atoms with Gasteiger partial charge in [0.05, 0.1) is 24.2 Å². The summed E-state index contributed by atoms with van der Waals surface area (Å²) in [5.74, 6) is 0.350. The molecule has 0 spiro atoms. The van der Waals surface area contributed by atoms with Gasteiger partial charge in [0.1, 0.15) is 5.75 Å². The molecule has 0 aliphatic carbocycles. The molecule has 1 aromatic heterocycles. The van der Waals surface area contributed by atoms with E-state index in [1.807, 2.05) is 36.4 Å². The van der Waals surface area contributed by atoms with Gasteiger partial charge in [0.25, 0.3) is 0 Å². The molecule has 0 radical (unpaired) electrons. The summed E-state index contributed by atoms with van der Waals surface area (Å²) in [6.45, 7) is 2.10. The van der Waals surface area contributed by atoms with Crippen molar-refractivity contribution in [3.05, 3.63) is 70.6 Å². The first-order chi connectivity index (χ1) is 12.6. The second kappa shape index (κ2) is 7.97. The molecule has 132 valence electrons. The maximum absolute atomic E-state index is 12.4. The monoisotopic (exact) mass is 366 g/mol. The van der Waals surface area contributed by atoms with Crippen LogP contribution in [0.4, 0.5) is 0 Å². The van der Waals surface area contributed by atoms with Crippen molar-refractivity contribution in [2.24, 2.45) is 0 Å². The minimum atomic E-state index is -0.354. The van der Waals surface area contributed by atoms with Crippen LogP contribution in [0.3, 0.4) is 0 Å². The quantitative estimate of drug-likeness (QED) is 0.351. The van der Waals surface area contributed by atoms with Gasteiger partial charge in [-0.15, -0.1) is 11.3 Å². The summed E-state index contributed by atoms with van der Waals surface area (Å²) in [4.78, 5) is 24.9. The summed E-state index contributed by atoms with van der Waals surface area (Å²) in [5.41, 5.74) is 1.41. The van der Waals surface area contributed by atoms with E-state index in [2.05, 4.69) is 0 Å². The number of carbonyl (C=O) groups excluding carboxylic acids is 2. The van der Waals surface area contributed by atoms with Gasteiger partial charge in [-0.1, -0.05) is 18.2 Å². The number of ether oxygens (including phenoxy) is 2. The third-order valence-corrected chi connectivity index (χ3v) is 4.94. The normalized spacial score (nSPS) is 11.0. The number of thiophene rings is 1.